The molecule has 0 aromatic heterocycles. The first kappa shape index (κ1) is 27.6. The molecule has 5 amide bonds. The van der Waals surface area contributed by atoms with Gasteiger partial charge in [-0.1, -0.05) is 34.6 Å². The van der Waals surface area contributed by atoms with Crippen molar-refractivity contribution in [1.29, 1.82) is 5.26 Å². The van der Waals surface area contributed by atoms with Crippen LogP contribution >= 0.6 is 0 Å². The Balaban J connectivity index is 1.29. The summed E-state index contributed by atoms with van der Waals surface area (Å²) in [7, 11) is 0. The van der Waals surface area contributed by atoms with Crippen molar-refractivity contribution in [3.05, 3.63) is 0 Å². The average Bonchev–Trinajstić information content (AvgIpc) is 3.53. The van der Waals surface area contributed by atoms with Gasteiger partial charge in [0.1, 0.15) is 18.1 Å². The maximum absolute atomic E-state index is 13.9. The molecule has 0 aromatic carbocycles. The van der Waals surface area contributed by atoms with Gasteiger partial charge in [0.05, 0.1) is 19.2 Å². The molecule has 1 spiro atoms. The van der Waals surface area contributed by atoms with Gasteiger partial charge >= 0.3 is 6.03 Å². The van der Waals surface area contributed by atoms with Crippen molar-refractivity contribution in [2.24, 2.45) is 28.6 Å². The summed E-state index contributed by atoms with van der Waals surface area (Å²) in [6.45, 7) is 8.29. The van der Waals surface area contributed by atoms with Crippen molar-refractivity contribution in [3.63, 3.8) is 0 Å². The van der Waals surface area contributed by atoms with Crippen molar-refractivity contribution in [2.75, 3.05) is 19.6 Å². The molecule has 3 aliphatic heterocycles. The van der Waals surface area contributed by atoms with E-state index in [1.54, 1.807) is 20.8 Å². The Kier molecular flexibility index (Phi) is 6.20. The number of carbonyl (C=O) groups excluding carboxylic acids is 4. The summed E-state index contributed by atoms with van der Waals surface area (Å²) < 4.78 is 26.6. The van der Waals surface area contributed by atoms with Crippen molar-refractivity contribution >= 4 is 23.8 Å². The number of alkyl halides is 2. The number of rotatable bonds is 6. The van der Waals surface area contributed by atoms with Crippen LogP contribution in [0.25, 0.3) is 0 Å². The number of carbonyl (C=O) groups is 4. The van der Waals surface area contributed by atoms with E-state index in [9.17, 15) is 33.2 Å². The van der Waals surface area contributed by atoms with Crippen LogP contribution in [0.1, 0.15) is 60.3 Å². The van der Waals surface area contributed by atoms with Gasteiger partial charge < -0.3 is 25.8 Å². The Morgan fingerprint density at radius 2 is 1.82 bits per heavy atom. The molecule has 5 rings (SSSR count). The number of piperidine rings is 1. The van der Waals surface area contributed by atoms with E-state index in [1.807, 2.05) is 13.8 Å². The van der Waals surface area contributed by atoms with Crippen LogP contribution in [0.15, 0.2) is 0 Å². The Bertz CT molecular complexity index is 1130. The van der Waals surface area contributed by atoms with Crippen molar-refractivity contribution in [3.8, 4) is 6.07 Å². The molecule has 3 saturated heterocycles. The molecule has 2 saturated carbocycles. The summed E-state index contributed by atoms with van der Waals surface area (Å²) >= 11 is 0. The van der Waals surface area contributed by atoms with Gasteiger partial charge in [-0.25, -0.2) is 13.6 Å². The van der Waals surface area contributed by atoms with Gasteiger partial charge in [-0.05, 0) is 48.3 Å². The zero-order valence-corrected chi connectivity index (χ0v) is 23.1. The molecular weight excluding hydrogens is 510 g/mol. The number of nitrogens with one attached hydrogen (secondary N) is 3. The lowest BCUT2D eigenvalue weighted by molar-refractivity contribution is -0.144. The van der Waals surface area contributed by atoms with Crippen LogP contribution in [-0.2, 0) is 14.4 Å². The summed E-state index contributed by atoms with van der Waals surface area (Å²) in [6.07, 6.45) is 2.72. The van der Waals surface area contributed by atoms with Gasteiger partial charge in [-0.15, -0.1) is 0 Å². The first-order valence-electron chi connectivity index (χ1n) is 13.7. The van der Waals surface area contributed by atoms with E-state index in [0.717, 1.165) is 17.7 Å². The molecule has 5 aliphatic rings. The summed E-state index contributed by atoms with van der Waals surface area (Å²) in [5.41, 5.74) is -1.06. The third kappa shape index (κ3) is 4.93. The molecule has 6 unspecified atom stereocenters. The molecule has 0 bridgehead atoms. The van der Waals surface area contributed by atoms with Crippen LogP contribution in [0.3, 0.4) is 0 Å². The number of fused-ring (bicyclic) bond motifs is 1. The molecule has 0 aromatic rings. The summed E-state index contributed by atoms with van der Waals surface area (Å²) in [5, 5.41) is 18.2. The smallest absolute Gasteiger partial charge is 0.318 e. The number of halogens is 2. The van der Waals surface area contributed by atoms with Crippen molar-refractivity contribution < 1.29 is 28.0 Å². The second-order valence-electron chi connectivity index (χ2n) is 13.9. The standard InChI is InChI=1S/C27H38F2N6O4/c1-24(2,3)19(32-23(39)34-12-27(28,29)13-34)22(38)35-11-16-17(25(16,4)5)18(35)21(37)31-15(10-30)8-14-9-26(6-7-26)33-20(14)36/h14-19H,6-9,11-13H2,1-5H3,(H,31,37)(H,32,39)(H,33,36). The minimum Gasteiger partial charge on any atom is -0.350 e. The molecule has 12 heteroatoms. The van der Waals surface area contributed by atoms with Gasteiger partial charge in [0.15, 0.2) is 0 Å². The predicted octanol–water partition coefficient (Wildman–Crippen LogP) is 1.61. The third-order valence-corrected chi connectivity index (χ3v) is 9.51. The fourth-order valence-corrected chi connectivity index (χ4v) is 6.83. The van der Waals surface area contributed by atoms with Gasteiger partial charge in [-0.3, -0.25) is 14.4 Å². The number of nitrogens with zero attached hydrogens (tertiary/aromatic N) is 3. The van der Waals surface area contributed by atoms with Crippen LogP contribution in [0.2, 0.25) is 0 Å². The van der Waals surface area contributed by atoms with Gasteiger partial charge in [0.25, 0.3) is 5.92 Å². The molecule has 0 radical (unpaired) electrons. The Hall–Kier alpha value is -2.97. The molecular formula is C27H38F2N6O4. The Labute approximate surface area is 227 Å². The van der Waals surface area contributed by atoms with E-state index in [1.165, 1.54) is 4.90 Å². The maximum Gasteiger partial charge on any atom is 0.318 e. The van der Waals surface area contributed by atoms with Gasteiger partial charge in [0, 0.05) is 18.0 Å². The second-order valence-corrected chi connectivity index (χ2v) is 13.9. The molecule has 10 nitrogen and oxygen atoms in total. The lowest BCUT2D eigenvalue weighted by Gasteiger charge is -2.42. The minimum absolute atomic E-state index is 0.0819. The zero-order chi connectivity index (χ0) is 28.7. The summed E-state index contributed by atoms with van der Waals surface area (Å²) in [6, 6.07) is -1.40. The first-order valence-corrected chi connectivity index (χ1v) is 13.7. The largest absolute Gasteiger partial charge is 0.350 e. The van der Waals surface area contributed by atoms with Crippen molar-refractivity contribution in [2.45, 2.75) is 89.9 Å². The molecule has 5 fully saturated rings. The molecule has 2 aliphatic carbocycles. The molecule has 214 valence electrons. The Morgan fingerprint density at radius 1 is 1.18 bits per heavy atom. The van der Waals surface area contributed by atoms with E-state index in [4.69, 9.17) is 0 Å². The number of nitriles is 1. The SMILES string of the molecule is CC(C)(C)C(NC(=O)N1CC(F)(F)C1)C(=O)N1CC2C(C1C(=O)NC(C#N)CC1CC3(CC3)NC1=O)C2(C)C. The van der Waals surface area contributed by atoms with E-state index in [0.29, 0.717) is 13.0 Å². The van der Waals surface area contributed by atoms with Crippen LogP contribution in [0.4, 0.5) is 13.6 Å². The zero-order valence-electron chi connectivity index (χ0n) is 23.1. The lowest BCUT2D eigenvalue weighted by atomic mass is 9.85. The second kappa shape index (κ2) is 8.77. The van der Waals surface area contributed by atoms with E-state index in [2.05, 4.69) is 22.0 Å². The van der Waals surface area contributed by atoms with E-state index >= 15 is 0 Å². The summed E-state index contributed by atoms with van der Waals surface area (Å²) in [4.78, 5) is 55.0. The third-order valence-electron chi connectivity index (χ3n) is 9.51. The number of hydrogen-bond acceptors (Lipinski definition) is 5. The molecule has 3 N–H and O–H groups in total. The molecule has 39 heavy (non-hydrogen) atoms. The van der Waals surface area contributed by atoms with Crippen LogP contribution < -0.4 is 16.0 Å². The van der Waals surface area contributed by atoms with Crippen molar-refractivity contribution in [1.82, 2.24) is 25.8 Å². The topological polar surface area (TPSA) is 135 Å². The fraction of sp³-hybridized carbons (Fsp3) is 0.815. The highest BCUT2D eigenvalue weighted by molar-refractivity contribution is 5.94. The maximum atomic E-state index is 13.9. The first-order chi connectivity index (χ1) is 18.0. The number of amides is 5. The highest BCUT2D eigenvalue weighted by atomic mass is 19.3. The normalized spacial score (nSPS) is 32.3. The van der Waals surface area contributed by atoms with Crippen LogP contribution in [0.5, 0.6) is 0 Å². The molecule has 3 heterocycles. The van der Waals surface area contributed by atoms with Gasteiger partial charge in [0.2, 0.25) is 17.7 Å². The van der Waals surface area contributed by atoms with Crippen LogP contribution in [0, 0.1) is 39.9 Å². The van der Waals surface area contributed by atoms with Gasteiger partial charge in [-0.2, -0.15) is 5.26 Å². The molecule has 6 atom stereocenters. The highest BCUT2D eigenvalue weighted by Gasteiger charge is 2.70. The average molecular weight is 549 g/mol. The van der Waals surface area contributed by atoms with E-state index < -0.39 is 60.4 Å². The Morgan fingerprint density at radius 3 is 2.33 bits per heavy atom. The quantitative estimate of drug-likeness (QED) is 0.464. The van der Waals surface area contributed by atoms with E-state index in [-0.39, 0.29) is 41.0 Å². The number of likely N-dealkylation sites (tertiary alicyclic amines) is 2. The number of urea groups is 1. The monoisotopic (exact) mass is 548 g/mol. The lowest BCUT2D eigenvalue weighted by Crippen LogP contribution is -2.65. The minimum atomic E-state index is -2.93. The number of hydrogen-bond donors (Lipinski definition) is 3. The summed E-state index contributed by atoms with van der Waals surface area (Å²) in [5.74, 6) is -4.31. The fourth-order valence-electron chi connectivity index (χ4n) is 6.83. The highest BCUT2D eigenvalue weighted by Crippen LogP contribution is 2.65. The predicted molar refractivity (Wildman–Crippen MR) is 135 cm³/mol. The van der Waals surface area contributed by atoms with Crippen LogP contribution in [-0.4, -0.2) is 82.8 Å².